The number of rotatable bonds is 1. The summed E-state index contributed by atoms with van der Waals surface area (Å²) in [5, 5.41) is 0. The van der Waals surface area contributed by atoms with Crippen LogP contribution in [-0.4, -0.2) is 0 Å². The Labute approximate surface area is 106 Å². The highest BCUT2D eigenvalue weighted by Gasteiger charge is 2.19. The second-order valence-electron chi connectivity index (χ2n) is 5.45. The number of benzene rings is 2. The fraction of sp³-hybridized carbons (Fsp3) is 0.250. The molecule has 0 amide bonds. The molecule has 18 heavy (non-hydrogen) atoms. The van der Waals surface area contributed by atoms with Gasteiger partial charge in [0, 0.05) is 0 Å². The van der Waals surface area contributed by atoms with Crippen molar-refractivity contribution in [3.05, 3.63) is 59.7 Å². The van der Waals surface area contributed by atoms with Gasteiger partial charge in [-0.1, -0.05) is 39.0 Å². The second kappa shape index (κ2) is 4.52. The van der Waals surface area contributed by atoms with Crippen LogP contribution in [0.1, 0.15) is 26.3 Å². The lowest BCUT2D eigenvalue weighted by Crippen LogP contribution is -2.13. The van der Waals surface area contributed by atoms with Gasteiger partial charge in [0.2, 0.25) is 0 Å². The van der Waals surface area contributed by atoms with Crippen molar-refractivity contribution in [2.75, 3.05) is 0 Å². The van der Waals surface area contributed by atoms with E-state index in [4.69, 9.17) is 0 Å². The molecule has 0 N–H and O–H groups in total. The summed E-state index contributed by atoms with van der Waals surface area (Å²) in [6.45, 7) is 5.88. The molecule has 0 saturated heterocycles. The van der Waals surface area contributed by atoms with E-state index >= 15 is 0 Å². The number of hydrogen-bond acceptors (Lipinski definition) is 0. The molecule has 0 bridgehead atoms. The van der Waals surface area contributed by atoms with Gasteiger partial charge in [0.15, 0.2) is 0 Å². The maximum Gasteiger partial charge on any atom is 0.126 e. The van der Waals surface area contributed by atoms with Crippen molar-refractivity contribution in [2.45, 2.75) is 26.2 Å². The maximum atomic E-state index is 13.8. The van der Waals surface area contributed by atoms with E-state index in [0.29, 0.717) is 5.56 Å². The maximum absolute atomic E-state index is 13.8. The van der Waals surface area contributed by atoms with Crippen molar-refractivity contribution in [3.63, 3.8) is 0 Å². The molecule has 0 aliphatic carbocycles. The number of hydrogen-bond donors (Lipinski definition) is 0. The Morgan fingerprint density at radius 2 is 1.50 bits per heavy atom. The molecule has 2 rings (SSSR count). The lowest BCUT2D eigenvalue weighted by Gasteiger charge is -2.20. The molecule has 0 radical (unpaired) electrons. The summed E-state index contributed by atoms with van der Waals surface area (Å²) in [5.74, 6) is -0.503. The van der Waals surface area contributed by atoms with Gasteiger partial charge in [-0.05, 0) is 46.4 Å². The first-order chi connectivity index (χ1) is 8.38. The van der Waals surface area contributed by atoms with Gasteiger partial charge in [0.1, 0.15) is 11.6 Å². The fourth-order valence-electron chi connectivity index (χ4n) is 1.95. The zero-order valence-electron chi connectivity index (χ0n) is 10.8. The third kappa shape index (κ3) is 2.58. The average Bonchev–Trinajstić information content (AvgIpc) is 2.28. The largest absolute Gasteiger partial charge is 0.207 e. The Kier molecular flexibility index (Phi) is 3.20. The molecule has 2 aromatic rings. The normalized spacial score (nSPS) is 11.6. The highest BCUT2D eigenvalue weighted by molar-refractivity contribution is 5.64. The molecule has 0 spiro atoms. The number of halogens is 2. The Hall–Kier alpha value is -1.70. The molecule has 0 atom stereocenters. The van der Waals surface area contributed by atoms with Crippen molar-refractivity contribution in [1.82, 2.24) is 0 Å². The van der Waals surface area contributed by atoms with E-state index in [-0.39, 0.29) is 17.0 Å². The predicted octanol–water partition coefficient (Wildman–Crippen LogP) is 4.93. The van der Waals surface area contributed by atoms with Crippen molar-refractivity contribution in [3.8, 4) is 11.1 Å². The summed E-state index contributed by atoms with van der Waals surface area (Å²) in [7, 11) is 0. The highest BCUT2D eigenvalue weighted by Crippen LogP contribution is 2.30. The minimum atomic E-state index is -0.283. The van der Waals surface area contributed by atoms with Crippen LogP contribution in [-0.2, 0) is 5.41 Å². The van der Waals surface area contributed by atoms with Crippen LogP contribution in [0, 0.1) is 11.6 Å². The first kappa shape index (κ1) is 12.7. The minimum absolute atomic E-state index is 0.220. The van der Waals surface area contributed by atoms with Crippen LogP contribution >= 0.6 is 0 Å². The monoisotopic (exact) mass is 246 g/mol. The van der Waals surface area contributed by atoms with E-state index in [1.165, 1.54) is 18.2 Å². The van der Waals surface area contributed by atoms with Crippen LogP contribution in [0.5, 0.6) is 0 Å². The smallest absolute Gasteiger partial charge is 0.126 e. The van der Waals surface area contributed by atoms with E-state index < -0.39 is 0 Å². The average molecular weight is 246 g/mol. The third-order valence-electron chi connectivity index (χ3n) is 2.93. The molecule has 0 aliphatic heterocycles. The molecule has 2 aromatic carbocycles. The zero-order valence-corrected chi connectivity index (χ0v) is 10.8. The van der Waals surface area contributed by atoms with Gasteiger partial charge in [-0.15, -0.1) is 0 Å². The third-order valence-corrected chi connectivity index (χ3v) is 2.93. The first-order valence-electron chi connectivity index (χ1n) is 5.94. The molecular weight excluding hydrogens is 230 g/mol. The van der Waals surface area contributed by atoms with Gasteiger partial charge in [0.05, 0.1) is 0 Å². The van der Waals surface area contributed by atoms with Gasteiger partial charge < -0.3 is 0 Å². The van der Waals surface area contributed by atoms with Crippen LogP contribution in [0.15, 0.2) is 42.5 Å². The topological polar surface area (TPSA) is 0 Å². The summed E-state index contributed by atoms with van der Waals surface area (Å²) in [4.78, 5) is 0. The standard InChI is InChI=1S/C16H16F2/c1-16(2,3)14-10-12(7-8-15(14)18)11-5-4-6-13(17)9-11/h4-10H,1-3H3. The van der Waals surface area contributed by atoms with Crippen LogP contribution in [0.4, 0.5) is 8.78 Å². The molecule has 0 unspecified atom stereocenters. The Morgan fingerprint density at radius 1 is 0.833 bits per heavy atom. The SMILES string of the molecule is CC(C)(C)c1cc(-c2cccc(F)c2)ccc1F. The summed E-state index contributed by atoms with van der Waals surface area (Å²) in [6, 6.07) is 11.3. The first-order valence-corrected chi connectivity index (χ1v) is 5.94. The van der Waals surface area contributed by atoms with Crippen LogP contribution in [0.3, 0.4) is 0 Å². The Morgan fingerprint density at radius 3 is 2.11 bits per heavy atom. The molecule has 0 saturated carbocycles. The van der Waals surface area contributed by atoms with E-state index in [1.807, 2.05) is 26.8 Å². The molecule has 2 heteroatoms. The van der Waals surface area contributed by atoms with E-state index in [0.717, 1.165) is 11.1 Å². The Balaban J connectivity index is 2.54. The molecule has 0 aliphatic rings. The lowest BCUT2D eigenvalue weighted by molar-refractivity contribution is 0.523. The van der Waals surface area contributed by atoms with Gasteiger partial charge in [-0.3, -0.25) is 0 Å². The van der Waals surface area contributed by atoms with Crippen LogP contribution in [0.2, 0.25) is 0 Å². The quantitative estimate of drug-likeness (QED) is 0.669. The van der Waals surface area contributed by atoms with Gasteiger partial charge in [0.25, 0.3) is 0 Å². The van der Waals surface area contributed by atoms with E-state index in [2.05, 4.69) is 0 Å². The fourth-order valence-corrected chi connectivity index (χ4v) is 1.95. The summed E-state index contributed by atoms with van der Waals surface area (Å²) in [5.41, 5.74) is 1.97. The summed E-state index contributed by atoms with van der Waals surface area (Å²) in [6.07, 6.45) is 0. The van der Waals surface area contributed by atoms with E-state index in [9.17, 15) is 8.78 Å². The van der Waals surface area contributed by atoms with E-state index in [1.54, 1.807) is 18.2 Å². The van der Waals surface area contributed by atoms with Crippen molar-refractivity contribution in [2.24, 2.45) is 0 Å². The molecule has 94 valence electrons. The lowest BCUT2D eigenvalue weighted by atomic mass is 9.85. The minimum Gasteiger partial charge on any atom is -0.207 e. The van der Waals surface area contributed by atoms with Crippen molar-refractivity contribution in [1.29, 1.82) is 0 Å². The second-order valence-corrected chi connectivity index (χ2v) is 5.45. The molecule has 0 fully saturated rings. The van der Waals surface area contributed by atoms with Gasteiger partial charge in [-0.2, -0.15) is 0 Å². The van der Waals surface area contributed by atoms with Gasteiger partial charge >= 0.3 is 0 Å². The van der Waals surface area contributed by atoms with Crippen molar-refractivity contribution < 1.29 is 8.78 Å². The molecular formula is C16H16F2. The molecule has 0 heterocycles. The Bertz CT molecular complexity index is 566. The zero-order chi connectivity index (χ0) is 13.3. The highest BCUT2D eigenvalue weighted by atomic mass is 19.1. The van der Waals surface area contributed by atoms with Crippen LogP contribution < -0.4 is 0 Å². The predicted molar refractivity (Wildman–Crippen MR) is 70.5 cm³/mol. The summed E-state index contributed by atoms with van der Waals surface area (Å²) >= 11 is 0. The summed E-state index contributed by atoms with van der Waals surface area (Å²) < 4.78 is 27.0. The van der Waals surface area contributed by atoms with Gasteiger partial charge in [-0.25, -0.2) is 8.78 Å². The van der Waals surface area contributed by atoms with Crippen LogP contribution in [0.25, 0.3) is 11.1 Å². The molecule has 0 nitrogen and oxygen atoms in total. The van der Waals surface area contributed by atoms with Crippen molar-refractivity contribution >= 4 is 0 Å². The molecule has 0 aromatic heterocycles.